The van der Waals surface area contributed by atoms with E-state index in [0.29, 0.717) is 12.0 Å². The van der Waals surface area contributed by atoms with Crippen LogP contribution in [0.4, 0.5) is 0 Å². The van der Waals surface area contributed by atoms with E-state index in [1.54, 1.807) is 0 Å². The van der Waals surface area contributed by atoms with Crippen molar-refractivity contribution in [3.8, 4) is 0 Å². The number of rotatable bonds is 4. The first-order valence-electron chi connectivity index (χ1n) is 6.00. The average Bonchev–Trinajstić information content (AvgIpc) is 2.39. The summed E-state index contributed by atoms with van der Waals surface area (Å²) in [5.74, 6) is 0.0301. The van der Waals surface area contributed by atoms with Crippen LogP contribution in [0.15, 0.2) is 66.7 Å². The summed E-state index contributed by atoms with van der Waals surface area (Å²) < 4.78 is 0. The molecule has 0 radical (unpaired) electrons. The van der Waals surface area contributed by atoms with Crippen LogP contribution in [0, 0.1) is 6.92 Å². The molecule has 2 rings (SSSR count). The van der Waals surface area contributed by atoms with Crippen molar-refractivity contribution in [3.63, 3.8) is 0 Å². The molecule has 0 heterocycles. The molecule has 0 atom stereocenters. The number of hydrogen-bond acceptors (Lipinski definition) is 1. The van der Waals surface area contributed by atoms with E-state index in [1.165, 1.54) is 0 Å². The van der Waals surface area contributed by atoms with Crippen LogP contribution in [0.5, 0.6) is 0 Å². The Kier molecular flexibility index (Phi) is 3.73. The SMILES string of the molecule is C=C(Cc1ccccc1)C(=O)c1cccc(C)c1. The van der Waals surface area contributed by atoms with E-state index < -0.39 is 0 Å². The molecule has 2 aromatic rings. The third-order valence-electron chi connectivity index (χ3n) is 2.86. The van der Waals surface area contributed by atoms with Gasteiger partial charge in [0.25, 0.3) is 0 Å². The quantitative estimate of drug-likeness (QED) is 0.579. The standard InChI is InChI=1S/C17H16O/c1-13-7-6-10-16(11-13)17(18)14(2)12-15-8-4-3-5-9-15/h3-11H,2,12H2,1H3. The maximum absolute atomic E-state index is 12.2. The van der Waals surface area contributed by atoms with Gasteiger partial charge in [-0.1, -0.05) is 60.7 Å². The van der Waals surface area contributed by atoms with Gasteiger partial charge in [-0.25, -0.2) is 0 Å². The smallest absolute Gasteiger partial charge is 0.188 e. The van der Waals surface area contributed by atoms with Crippen molar-refractivity contribution < 1.29 is 4.79 Å². The van der Waals surface area contributed by atoms with Crippen LogP contribution in [-0.4, -0.2) is 5.78 Å². The summed E-state index contributed by atoms with van der Waals surface area (Å²) in [5, 5.41) is 0. The molecule has 0 saturated carbocycles. The third-order valence-corrected chi connectivity index (χ3v) is 2.86. The third kappa shape index (κ3) is 2.95. The molecule has 0 spiro atoms. The number of allylic oxidation sites excluding steroid dienone is 1. The summed E-state index contributed by atoms with van der Waals surface area (Å²) in [5.41, 5.74) is 3.56. The number of hydrogen-bond donors (Lipinski definition) is 0. The Morgan fingerprint density at radius 2 is 1.78 bits per heavy atom. The minimum absolute atomic E-state index is 0.0301. The van der Waals surface area contributed by atoms with Crippen LogP contribution in [0.3, 0.4) is 0 Å². The molecule has 2 aromatic carbocycles. The Bertz CT molecular complexity index is 567. The van der Waals surface area contributed by atoms with Crippen molar-refractivity contribution in [2.24, 2.45) is 0 Å². The van der Waals surface area contributed by atoms with Crippen LogP contribution < -0.4 is 0 Å². The van der Waals surface area contributed by atoms with Gasteiger partial charge < -0.3 is 0 Å². The Labute approximate surface area is 108 Å². The summed E-state index contributed by atoms with van der Waals surface area (Å²) in [6, 6.07) is 17.6. The summed E-state index contributed by atoms with van der Waals surface area (Å²) in [7, 11) is 0. The molecule has 0 saturated heterocycles. The second-order valence-corrected chi connectivity index (χ2v) is 4.46. The number of ketones is 1. The van der Waals surface area contributed by atoms with Gasteiger partial charge in [0.1, 0.15) is 0 Å². The lowest BCUT2D eigenvalue weighted by molar-refractivity contribution is 0.103. The van der Waals surface area contributed by atoms with Gasteiger partial charge in [-0.2, -0.15) is 0 Å². The first-order valence-corrected chi connectivity index (χ1v) is 6.00. The van der Waals surface area contributed by atoms with Crippen molar-refractivity contribution in [1.29, 1.82) is 0 Å². The van der Waals surface area contributed by atoms with Crippen molar-refractivity contribution in [2.45, 2.75) is 13.3 Å². The van der Waals surface area contributed by atoms with E-state index in [0.717, 1.165) is 16.7 Å². The number of carbonyl (C=O) groups is 1. The van der Waals surface area contributed by atoms with E-state index in [9.17, 15) is 4.79 Å². The lowest BCUT2D eigenvalue weighted by Gasteiger charge is -2.06. The first kappa shape index (κ1) is 12.3. The molecule has 0 fully saturated rings. The zero-order chi connectivity index (χ0) is 13.0. The highest BCUT2D eigenvalue weighted by atomic mass is 16.1. The molecule has 0 aliphatic heterocycles. The topological polar surface area (TPSA) is 17.1 Å². The second-order valence-electron chi connectivity index (χ2n) is 4.46. The summed E-state index contributed by atoms with van der Waals surface area (Å²) in [6.45, 7) is 5.89. The fourth-order valence-corrected chi connectivity index (χ4v) is 1.91. The fourth-order valence-electron chi connectivity index (χ4n) is 1.91. The van der Waals surface area contributed by atoms with Gasteiger partial charge in [0.15, 0.2) is 5.78 Å². The summed E-state index contributed by atoms with van der Waals surface area (Å²) >= 11 is 0. The fraction of sp³-hybridized carbons (Fsp3) is 0.118. The van der Waals surface area contributed by atoms with Crippen molar-refractivity contribution in [2.75, 3.05) is 0 Å². The molecule has 0 aromatic heterocycles. The number of carbonyl (C=O) groups excluding carboxylic acids is 1. The van der Waals surface area contributed by atoms with Gasteiger partial charge in [-0.15, -0.1) is 0 Å². The zero-order valence-corrected chi connectivity index (χ0v) is 10.5. The number of Topliss-reactive ketones (excluding diaryl/α,β-unsaturated/α-hetero) is 1. The van der Waals surface area contributed by atoms with Crippen LogP contribution in [-0.2, 0) is 6.42 Å². The Morgan fingerprint density at radius 3 is 2.44 bits per heavy atom. The summed E-state index contributed by atoms with van der Waals surface area (Å²) in [6.07, 6.45) is 0.605. The average molecular weight is 236 g/mol. The van der Waals surface area contributed by atoms with Gasteiger partial charge in [0.2, 0.25) is 0 Å². The molecule has 0 N–H and O–H groups in total. The molecular weight excluding hydrogens is 220 g/mol. The normalized spacial score (nSPS) is 10.1. The zero-order valence-electron chi connectivity index (χ0n) is 10.5. The van der Waals surface area contributed by atoms with Gasteiger partial charge >= 0.3 is 0 Å². The van der Waals surface area contributed by atoms with E-state index in [4.69, 9.17) is 0 Å². The molecule has 0 amide bonds. The van der Waals surface area contributed by atoms with Crippen LogP contribution in [0.2, 0.25) is 0 Å². The van der Waals surface area contributed by atoms with Gasteiger partial charge in [0.05, 0.1) is 0 Å². The van der Waals surface area contributed by atoms with E-state index in [2.05, 4.69) is 6.58 Å². The predicted molar refractivity (Wildman–Crippen MR) is 74.8 cm³/mol. The van der Waals surface area contributed by atoms with Gasteiger partial charge in [-0.05, 0) is 24.1 Å². The lowest BCUT2D eigenvalue weighted by atomic mass is 9.97. The molecule has 0 unspecified atom stereocenters. The molecule has 0 aliphatic carbocycles. The Hall–Kier alpha value is -2.15. The van der Waals surface area contributed by atoms with Gasteiger partial charge in [0, 0.05) is 12.0 Å². The minimum atomic E-state index is 0.0301. The maximum Gasteiger partial charge on any atom is 0.188 e. The van der Waals surface area contributed by atoms with Crippen LogP contribution in [0.1, 0.15) is 21.5 Å². The van der Waals surface area contributed by atoms with Crippen molar-refractivity contribution in [3.05, 3.63) is 83.4 Å². The molecule has 1 heteroatoms. The van der Waals surface area contributed by atoms with Crippen LogP contribution >= 0.6 is 0 Å². The number of aryl methyl sites for hydroxylation is 1. The molecule has 18 heavy (non-hydrogen) atoms. The number of benzene rings is 2. The molecule has 0 bridgehead atoms. The second kappa shape index (κ2) is 5.46. The predicted octanol–water partition coefficient (Wildman–Crippen LogP) is 3.98. The monoisotopic (exact) mass is 236 g/mol. The largest absolute Gasteiger partial charge is 0.289 e. The van der Waals surface area contributed by atoms with E-state index in [-0.39, 0.29) is 5.78 Å². The molecular formula is C17H16O. The maximum atomic E-state index is 12.2. The van der Waals surface area contributed by atoms with Crippen molar-refractivity contribution >= 4 is 5.78 Å². The highest BCUT2D eigenvalue weighted by Gasteiger charge is 2.10. The molecule has 90 valence electrons. The van der Waals surface area contributed by atoms with Gasteiger partial charge in [-0.3, -0.25) is 4.79 Å². The first-order chi connectivity index (χ1) is 8.66. The van der Waals surface area contributed by atoms with E-state index >= 15 is 0 Å². The highest BCUT2D eigenvalue weighted by Crippen LogP contribution is 2.13. The Balaban J connectivity index is 2.13. The highest BCUT2D eigenvalue weighted by molar-refractivity contribution is 6.08. The van der Waals surface area contributed by atoms with Crippen molar-refractivity contribution in [1.82, 2.24) is 0 Å². The van der Waals surface area contributed by atoms with Crippen LogP contribution in [0.25, 0.3) is 0 Å². The summed E-state index contributed by atoms with van der Waals surface area (Å²) in [4.78, 5) is 12.2. The molecule has 0 aliphatic rings. The Morgan fingerprint density at radius 1 is 1.06 bits per heavy atom. The molecule has 1 nitrogen and oxygen atoms in total. The lowest BCUT2D eigenvalue weighted by Crippen LogP contribution is -2.05. The minimum Gasteiger partial charge on any atom is -0.289 e. The van der Waals surface area contributed by atoms with E-state index in [1.807, 2.05) is 61.5 Å².